The number of phenolic OH excluding ortho intramolecular Hbond substituents is 1. The molecule has 0 radical (unpaired) electrons. The molecule has 74 valence electrons. The molecule has 0 aliphatic heterocycles. The van der Waals surface area contributed by atoms with Gasteiger partial charge in [-0.2, -0.15) is 0 Å². The Balaban J connectivity index is 2.95. The molecule has 14 heavy (non-hydrogen) atoms. The van der Waals surface area contributed by atoms with Crippen LogP contribution in [0.3, 0.4) is 0 Å². The van der Waals surface area contributed by atoms with Gasteiger partial charge < -0.3 is 10.4 Å². The molecule has 1 aromatic carbocycles. The first kappa shape index (κ1) is 10.3. The Morgan fingerprint density at radius 2 is 2.36 bits per heavy atom. The van der Waals surface area contributed by atoms with Crippen molar-refractivity contribution in [3.8, 4) is 5.75 Å². The van der Waals surface area contributed by atoms with Gasteiger partial charge in [0.05, 0.1) is 0 Å². The summed E-state index contributed by atoms with van der Waals surface area (Å²) in [4.78, 5) is 10.2. The minimum atomic E-state index is 0.226. The van der Waals surface area contributed by atoms with Crippen molar-refractivity contribution in [2.45, 2.75) is 13.3 Å². The van der Waals surface area contributed by atoms with Crippen molar-refractivity contribution in [1.29, 1.82) is 0 Å². The van der Waals surface area contributed by atoms with Crippen molar-refractivity contribution in [3.63, 3.8) is 0 Å². The molecular formula is C11H13NO2. The molecule has 0 bridgehead atoms. The number of amides is 1. The molecule has 0 aromatic heterocycles. The van der Waals surface area contributed by atoms with E-state index in [1.54, 1.807) is 18.2 Å². The summed E-state index contributed by atoms with van der Waals surface area (Å²) in [7, 11) is 0. The highest BCUT2D eigenvalue weighted by Gasteiger charge is 2.02. The van der Waals surface area contributed by atoms with E-state index >= 15 is 0 Å². The molecule has 0 aliphatic rings. The van der Waals surface area contributed by atoms with Crippen LogP contribution in [0, 0.1) is 0 Å². The van der Waals surface area contributed by atoms with E-state index in [1.807, 2.05) is 6.92 Å². The third kappa shape index (κ3) is 2.62. The molecule has 2 N–H and O–H groups in total. The first-order chi connectivity index (χ1) is 6.63. The minimum absolute atomic E-state index is 0.226. The molecule has 1 amide bonds. The van der Waals surface area contributed by atoms with E-state index in [0.717, 1.165) is 11.1 Å². The largest absolute Gasteiger partial charge is 0.508 e. The molecule has 0 saturated carbocycles. The maximum atomic E-state index is 10.2. The summed E-state index contributed by atoms with van der Waals surface area (Å²) in [5.41, 5.74) is 2.40. The second-order valence-corrected chi connectivity index (χ2v) is 3.24. The van der Waals surface area contributed by atoms with Gasteiger partial charge in [0.2, 0.25) is 6.41 Å². The number of hydrogen-bond donors (Lipinski definition) is 2. The lowest BCUT2D eigenvalue weighted by Crippen LogP contribution is -1.95. The Morgan fingerprint density at radius 1 is 1.64 bits per heavy atom. The molecule has 3 heteroatoms. The van der Waals surface area contributed by atoms with Gasteiger partial charge in [0.15, 0.2) is 0 Å². The zero-order valence-electron chi connectivity index (χ0n) is 8.08. The molecule has 0 atom stereocenters. The van der Waals surface area contributed by atoms with Crippen LogP contribution in [0.15, 0.2) is 30.4 Å². The van der Waals surface area contributed by atoms with Crippen molar-refractivity contribution in [2.24, 2.45) is 0 Å². The first-order valence-electron chi connectivity index (χ1n) is 4.30. The van der Waals surface area contributed by atoms with E-state index < -0.39 is 0 Å². The molecule has 0 saturated heterocycles. The van der Waals surface area contributed by atoms with Crippen LogP contribution in [0.1, 0.15) is 12.5 Å². The topological polar surface area (TPSA) is 49.3 Å². The average Bonchev–Trinajstić information content (AvgIpc) is 2.10. The van der Waals surface area contributed by atoms with Crippen LogP contribution in [0.5, 0.6) is 5.75 Å². The third-order valence-electron chi connectivity index (χ3n) is 1.80. The zero-order valence-corrected chi connectivity index (χ0v) is 8.08. The molecule has 0 fully saturated rings. The Morgan fingerprint density at radius 3 is 2.93 bits per heavy atom. The van der Waals surface area contributed by atoms with Crippen molar-refractivity contribution in [3.05, 3.63) is 35.9 Å². The fourth-order valence-electron chi connectivity index (χ4n) is 1.21. The van der Waals surface area contributed by atoms with Crippen molar-refractivity contribution in [1.82, 2.24) is 0 Å². The monoisotopic (exact) mass is 191 g/mol. The Labute approximate surface area is 83.1 Å². The fraction of sp³-hybridized carbons (Fsp3) is 0.182. The maximum absolute atomic E-state index is 10.2. The summed E-state index contributed by atoms with van der Waals surface area (Å²) in [6.07, 6.45) is 1.22. The van der Waals surface area contributed by atoms with Crippen LogP contribution < -0.4 is 5.32 Å². The summed E-state index contributed by atoms with van der Waals surface area (Å²) in [5.74, 6) is 0.226. The van der Waals surface area contributed by atoms with Crippen LogP contribution in [-0.2, 0) is 11.2 Å². The van der Waals surface area contributed by atoms with Gasteiger partial charge in [-0.05, 0) is 37.1 Å². The SMILES string of the molecule is C=C(C)Cc1cc(NC=O)ccc1O. The lowest BCUT2D eigenvalue weighted by atomic mass is 10.1. The average molecular weight is 191 g/mol. The van der Waals surface area contributed by atoms with E-state index in [1.165, 1.54) is 0 Å². The van der Waals surface area contributed by atoms with E-state index in [2.05, 4.69) is 11.9 Å². The summed E-state index contributed by atoms with van der Waals surface area (Å²) in [5, 5.41) is 12.0. The number of aromatic hydroxyl groups is 1. The highest BCUT2D eigenvalue weighted by atomic mass is 16.3. The van der Waals surface area contributed by atoms with Crippen LogP contribution in [-0.4, -0.2) is 11.5 Å². The van der Waals surface area contributed by atoms with Gasteiger partial charge in [-0.15, -0.1) is 0 Å². The lowest BCUT2D eigenvalue weighted by Gasteiger charge is -2.06. The van der Waals surface area contributed by atoms with Gasteiger partial charge in [0.25, 0.3) is 0 Å². The molecule has 1 aromatic rings. The summed E-state index contributed by atoms with van der Waals surface area (Å²) < 4.78 is 0. The van der Waals surface area contributed by atoms with E-state index in [-0.39, 0.29) is 5.75 Å². The Kier molecular flexibility index (Phi) is 3.29. The van der Waals surface area contributed by atoms with Crippen LogP contribution in [0.4, 0.5) is 5.69 Å². The fourth-order valence-corrected chi connectivity index (χ4v) is 1.21. The molecule has 1 rings (SSSR count). The molecule has 0 heterocycles. The highest BCUT2D eigenvalue weighted by Crippen LogP contribution is 2.23. The van der Waals surface area contributed by atoms with Gasteiger partial charge >= 0.3 is 0 Å². The predicted octanol–water partition coefficient (Wildman–Crippen LogP) is 2.08. The van der Waals surface area contributed by atoms with Gasteiger partial charge in [0, 0.05) is 5.69 Å². The number of carbonyl (C=O) groups is 1. The number of rotatable bonds is 4. The highest BCUT2D eigenvalue weighted by molar-refractivity contribution is 5.72. The predicted molar refractivity (Wildman–Crippen MR) is 56.3 cm³/mol. The Hall–Kier alpha value is -1.77. The van der Waals surface area contributed by atoms with Crippen molar-refractivity contribution in [2.75, 3.05) is 5.32 Å². The van der Waals surface area contributed by atoms with E-state index in [0.29, 0.717) is 18.5 Å². The van der Waals surface area contributed by atoms with Gasteiger partial charge in [0.1, 0.15) is 5.75 Å². The number of carbonyl (C=O) groups excluding carboxylic acids is 1. The van der Waals surface area contributed by atoms with Crippen molar-refractivity contribution >= 4 is 12.1 Å². The molecule has 0 unspecified atom stereocenters. The van der Waals surface area contributed by atoms with Crippen LogP contribution >= 0.6 is 0 Å². The van der Waals surface area contributed by atoms with Crippen molar-refractivity contribution < 1.29 is 9.90 Å². The minimum Gasteiger partial charge on any atom is -0.508 e. The second kappa shape index (κ2) is 4.46. The molecular weight excluding hydrogens is 178 g/mol. The number of hydrogen-bond acceptors (Lipinski definition) is 2. The molecule has 3 nitrogen and oxygen atoms in total. The van der Waals surface area contributed by atoms with E-state index in [4.69, 9.17) is 0 Å². The van der Waals surface area contributed by atoms with Crippen LogP contribution in [0.2, 0.25) is 0 Å². The first-order valence-corrected chi connectivity index (χ1v) is 4.30. The maximum Gasteiger partial charge on any atom is 0.211 e. The third-order valence-corrected chi connectivity index (χ3v) is 1.80. The number of allylic oxidation sites excluding steroid dienone is 1. The number of nitrogens with one attached hydrogen (secondary N) is 1. The summed E-state index contributed by atoms with van der Waals surface area (Å²) in [6, 6.07) is 4.94. The zero-order chi connectivity index (χ0) is 10.6. The quantitative estimate of drug-likeness (QED) is 0.435. The lowest BCUT2D eigenvalue weighted by molar-refractivity contribution is -0.105. The standard InChI is InChI=1S/C11H13NO2/c1-8(2)5-9-6-10(12-7-13)3-4-11(9)14/h3-4,6-7,14H,1,5H2,2H3,(H,12,13). The Bertz CT molecular complexity index is 358. The number of phenols is 1. The summed E-state index contributed by atoms with van der Waals surface area (Å²) in [6.45, 7) is 5.65. The van der Waals surface area contributed by atoms with Crippen LogP contribution in [0.25, 0.3) is 0 Å². The second-order valence-electron chi connectivity index (χ2n) is 3.24. The normalized spacial score (nSPS) is 9.50. The van der Waals surface area contributed by atoms with Gasteiger partial charge in [-0.25, -0.2) is 0 Å². The number of benzene rings is 1. The van der Waals surface area contributed by atoms with Gasteiger partial charge in [-0.3, -0.25) is 4.79 Å². The smallest absolute Gasteiger partial charge is 0.211 e. The molecule has 0 aliphatic carbocycles. The van der Waals surface area contributed by atoms with Gasteiger partial charge in [-0.1, -0.05) is 12.2 Å². The molecule has 0 spiro atoms. The summed E-state index contributed by atoms with van der Waals surface area (Å²) >= 11 is 0. The van der Waals surface area contributed by atoms with E-state index in [9.17, 15) is 9.90 Å². The number of anilines is 1.